The Bertz CT molecular complexity index is 1120. The fourth-order valence-electron chi connectivity index (χ4n) is 2.95. The van der Waals surface area contributed by atoms with Crippen LogP contribution in [0, 0.1) is 11.3 Å². The van der Waals surface area contributed by atoms with E-state index < -0.39 is 10.0 Å². The van der Waals surface area contributed by atoms with Gasteiger partial charge in [-0.15, -0.1) is 0 Å². The number of rotatable bonds is 8. The molecule has 2 aromatic carbocycles. The van der Waals surface area contributed by atoms with Crippen LogP contribution in [0.5, 0.6) is 0 Å². The smallest absolute Gasteiger partial charge is 0.260 e. The molecule has 0 fully saturated rings. The predicted molar refractivity (Wildman–Crippen MR) is 117 cm³/mol. The number of sulfonamides is 1. The molecule has 0 spiro atoms. The SMILES string of the molecule is CN(C)CCN(Cc1ccccc1)S(=O)(=O)c1cccc(-c2ccc(C#N)cc2)n1. The van der Waals surface area contributed by atoms with Gasteiger partial charge >= 0.3 is 0 Å². The molecule has 0 unspecified atom stereocenters. The van der Waals surface area contributed by atoms with Crippen molar-refractivity contribution in [2.24, 2.45) is 0 Å². The van der Waals surface area contributed by atoms with E-state index in [4.69, 9.17) is 5.26 Å². The monoisotopic (exact) mass is 420 g/mol. The first kappa shape index (κ1) is 21.7. The highest BCUT2D eigenvalue weighted by molar-refractivity contribution is 7.89. The van der Waals surface area contributed by atoms with E-state index in [0.29, 0.717) is 24.3 Å². The molecule has 0 radical (unpaired) electrons. The lowest BCUT2D eigenvalue weighted by atomic mass is 10.1. The largest absolute Gasteiger partial charge is 0.308 e. The molecule has 154 valence electrons. The second-order valence-electron chi connectivity index (χ2n) is 7.18. The van der Waals surface area contributed by atoms with Gasteiger partial charge in [0.1, 0.15) is 0 Å². The summed E-state index contributed by atoms with van der Waals surface area (Å²) in [6.45, 7) is 1.23. The van der Waals surface area contributed by atoms with Crippen molar-refractivity contribution in [3.05, 3.63) is 83.9 Å². The Morgan fingerprint density at radius 3 is 2.23 bits per heavy atom. The molecular weight excluding hydrogens is 396 g/mol. The van der Waals surface area contributed by atoms with E-state index in [1.165, 1.54) is 10.4 Å². The zero-order valence-electron chi connectivity index (χ0n) is 17.1. The summed E-state index contributed by atoms with van der Waals surface area (Å²) in [5.41, 5.74) is 2.77. The minimum absolute atomic E-state index is 0.0130. The number of benzene rings is 2. The normalized spacial score (nSPS) is 11.6. The molecule has 1 heterocycles. The molecule has 30 heavy (non-hydrogen) atoms. The van der Waals surface area contributed by atoms with Crippen molar-refractivity contribution in [2.45, 2.75) is 11.6 Å². The first-order valence-corrected chi connectivity index (χ1v) is 11.0. The summed E-state index contributed by atoms with van der Waals surface area (Å²) in [5.74, 6) is 0. The van der Waals surface area contributed by atoms with Crippen LogP contribution in [0.15, 0.2) is 77.8 Å². The van der Waals surface area contributed by atoms with Crippen LogP contribution < -0.4 is 0 Å². The van der Waals surface area contributed by atoms with E-state index in [9.17, 15) is 8.42 Å². The molecule has 0 saturated heterocycles. The van der Waals surface area contributed by atoms with Gasteiger partial charge in [-0.1, -0.05) is 48.5 Å². The minimum atomic E-state index is -3.80. The molecule has 3 rings (SSSR count). The summed E-state index contributed by atoms with van der Waals surface area (Å²) in [6, 6.07) is 23.5. The molecule has 7 heteroatoms. The Kier molecular flexibility index (Phi) is 6.95. The second-order valence-corrected chi connectivity index (χ2v) is 9.06. The standard InChI is InChI=1S/C23H24N4O2S/c1-26(2)15-16-27(18-20-7-4-3-5-8-20)30(28,29)23-10-6-9-22(25-23)21-13-11-19(17-24)12-14-21/h3-14H,15-16,18H2,1-2H3. The van der Waals surface area contributed by atoms with E-state index in [1.54, 1.807) is 36.4 Å². The quantitative estimate of drug-likeness (QED) is 0.558. The zero-order valence-corrected chi connectivity index (χ0v) is 17.9. The van der Waals surface area contributed by atoms with Crippen molar-refractivity contribution in [3.63, 3.8) is 0 Å². The Balaban J connectivity index is 1.94. The van der Waals surface area contributed by atoms with E-state index in [2.05, 4.69) is 11.1 Å². The van der Waals surface area contributed by atoms with Crippen LogP contribution >= 0.6 is 0 Å². The molecule has 0 N–H and O–H groups in total. The first-order chi connectivity index (χ1) is 14.4. The van der Waals surface area contributed by atoms with Gasteiger partial charge in [0.15, 0.2) is 5.03 Å². The Morgan fingerprint density at radius 2 is 1.60 bits per heavy atom. The Labute approximate surface area is 178 Å². The maximum absolute atomic E-state index is 13.4. The number of nitrogens with zero attached hydrogens (tertiary/aromatic N) is 4. The lowest BCUT2D eigenvalue weighted by Crippen LogP contribution is -2.36. The number of nitriles is 1. The van der Waals surface area contributed by atoms with Crippen LogP contribution in [0.1, 0.15) is 11.1 Å². The van der Waals surface area contributed by atoms with Crippen molar-refractivity contribution in [3.8, 4) is 17.3 Å². The average molecular weight is 421 g/mol. The number of likely N-dealkylation sites (N-methyl/N-ethyl adjacent to an activating group) is 1. The van der Waals surface area contributed by atoms with Crippen LogP contribution in [0.3, 0.4) is 0 Å². The summed E-state index contributed by atoms with van der Waals surface area (Å²) in [6.07, 6.45) is 0. The van der Waals surface area contributed by atoms with Gasteiger partial charge in [-0.05, 0) is 43.9 Å². The summed E-state index contributed by atoms with van der Waals surface area (Å²) in [7, 11) is 0.0325. The molecule has 0 saturated carbocycles. The van der Waals surface area contributed by atoms with E-state index in [-0.39, 0.29) is 11.6 Å². The van der Waals surface area contributed by atoms with Crippen molar-refractivity contribution >= 4 is 10.0 Å². The summed E-state index contributed by atoms with van der Waals surface area (Å²) in [4.78, 5) is 6.39. The van der Waals surface area contributed by atoms with Crippen LogP contribution in [-0.2, 0) is 16.6 Å². The topological polar surface area (TPSA) is 77.3 Å². The molecule has 6 nitrogen and oxygen atoms in total. The van der Waals surface area contributed by atoms with Gasteiger partial charge in [0, 0.05) is 25.2 Å². The van der Waals surface area contributed by atoms with Gasteiger partial charge < -0.3 is 4.90 Å². The molecule has 3 aromatic rings. The highest BCUT2D eigenvalue weighted by Crippen LogP contribution is 2.22. The van der Waals surface area contributed by atoms with Gasteiger partial charge in [-0.3, -0.25) is 0 Å². The van der Waals surface area contributed by atoms with E-state index >= 15 is 0 Å². The van der Waals surface area contributed by atoms with Gasteiger partial charge in [0.25, 0.3) is 10.0 Å². The van der Waals surface area contributed by atoms with Crippen molar-refractivity contribution < 1.29 is 8.42 Å². The summed E-state index contributed by atoms with van der Waals surface area (Å²) in [5, 5.41) is 8.98. The lowest BCUT2D eigenvalue weighted by molar-refractivity contribution is 0.328. The molecule has 0 aliphatic heterocycles. The van der Waals surface area contributed by atoms with Gasteiger partial charge in [0.05, 0.1) is 17.3 Å². The average Bonchev–Trinajstić information content (AvgIpc) is 2.77. The highest BCUT2D eigenvalue weighted by Gasteiger charge is 2.26. The van der Waals surface area contributed by atoms with Crippen molar-refractivity contribution in [2.75, 3.05) is 27.2 Å². The van der Waals surface area contributed by atoms with Crippen LogP contribution in [0.2, 0.25) is 0 Å². The fraction of sp³-hybridized carbons (Fsp3) is 0.217. The first-order valence-electron chi connectivity index (χ1n) is 9.56. The lowest BCUT2D eigenvalue weighted by Gasteiger charge is -2.23. The van der Waals surface area contributed by atoms with Crippen LogP contribution in [-0.4, -0.2) is 49.8 Å². The molecular formula is C23H24N4O2S. The highest BCUT2D eigenvalue weighted by atomic mass is 32.2. The predicted octanol–water partition coefficient (Wildman–Crippen LogP) is 3.37. The third kappa shape index (κ3) is 5.30. The zero-order chi connectivity index (χ0) is 21.6. The van der Waals surface area contributed by atoms with Crippen LogP contribution in [0.25, 0.3) is 11.3 Å². The number of hydrogen-bond acceptors (Lipinski definition) is 5. The molecule has 0 aliphatic carbocycles. The van der Waals surface area contributed by atoms with E-state index in [1.807, 2.05) is 49.3 Å². The van der Waals surface area contributed by atoms with E-state index in [0.717, 1.165) is 11.1 Å². The van der Waals surface area contributed by atoms with Gasteiger partial charge in [-0.25, -0.2) is 13.4 Å². The minimum Gasteiger partial charge on any atom is -0.308 e. The number of pyridine rings is 1. The number of hydrogen-bond donors (Lipinski definition) is 0. The maximum atomic E-state index is 13.4. The molecule has 0 bridgehead atoms. The third-order valence-corrected chi connectivity index (χ3v) is 6.38. The van der Waals surface area contributed by atoms with Gasteiger partial charge in [-0.2, -0.15) is 9.57 Å². The molecule has 1 aromatic heterocycles. The Hall–Kier alpha value is -3.05. The van der Waals surface area contributed by atoms with Crippen molar-refractivity contribution in [1.29, 1.82) is 5.26 Å². The molecule has 0 aliphatic rings. The maximum Gasteiger partial charge on any atom is 0.260 e. The number of aromatic nitrogens is 1. The Morgan fingerprint density at radius 1 is 0.900 bits per heavy atom. The van der Waals surface area contributed by atoms with Crippen LogP contribution in [0.4, 0.5) is 0 Å². The van der Waals surface area contributed by atoms with Gasteiger partial charge in [0.2, 0.25) is 0 Å². The molecule has 0 amide bonds. The third-order valence-electron chi connectivity index (χ3n) is 4.64. The van der Waals surface area contributed by atoms with Crippen molar-refractivity contribution in [1.82, 2.24) is 14.2 Å². The summed E-state index contributed by atoms with van der Waals surface area (Å²) >= 11 is 0. The summed E-state index contributed by atoms with van der Waals surface area (Å²) < 4.78 is 28.3. The molecule has 0 atom stereocenters. The second kappa shape index (κ2) is 9.63. The fourth-order valence-corrected chi connectivity index (χ4v) is 4.32.